The highest BCUT2D eigenvalue weighted by atomic mass is 35.5. The predicted molar refractivity (Wildman–Crippen MR) is 101 cm³/mol. The van der Waals surface area contributed by atoms with Crippen LogP contribution in [0.25, 0.3) is 0 Å². The van der Waals surface area contributed by atoms with Crippen LogP contribution >= 0.6 is 23.2 Å². The molecule has 8 heteroatoms. The van der Waals surface area contributed by atoms with E-state index in [9.17, 15) is 0 Å². The average molecular weight is 376 g/mol. The Morgan fingerprint density at radius 1 is 1.04 bits per heavy atom. The number of methoxy groups -OCH3 is 1. The lowest BCUT2D eigenvalue weighted by Gasteiger charge is -2.13. The second-order valence-electron chi connectivity index (χ2n) is 5.22. The van der Waals surface area contributed by atoms with Gasteiger partial charge in [0.25, 0.3) is 0 Å². The van der Waals surface area contributed by atoms with Crippen molar-refractivity contribution in [3.63, 3.8) is 0 Å². The van der Waals surface area contributed by atoms with Gasteiger partial charge in [0.15, 0.2) is 5.82 Å². The van der Waals surface area contributed by atoms with Crippen molar-refractivity contribution in [2.75, 3.05) is 17.7 Å². The van der Waals surface area contributed by atoms with E-state index in [1.54, 1.807) is 25.3 Å². The van der Waals surface area contributed by atoms with Crippen molar-refractivity contribution in [2.45, 2.75) is 6.92 Å². The van der Waals surface area contributed by atoms with Crippen molar-refractivity contribution in [1.82, 2.24) is 15.2 Å². The number of ether oxygens (including phenoxy) is 1. The number of aromatic nitrogens is 3. The van der Waals surface area contributed by atoms with Gasteiger partial charge in [0.1, 0.15) is 5.75 Å². The van der Waals surface area contributed by atoms with Crippen LogP contribution < -0.4 is 15.4 Å². The van der Waals surface area contributed by atoms with Crippen LogP contribution in [-0.4, -0.2) is 22.3 Å². The molecule has 6 nitrogen and oxygen atoms in total. The zero-order valence-corrected chi connectivity index (χ0v) is 15.1. The highest BCUT2D eigenvalue weighted by Gasteiger charge is 2.09. The summed E-state index contributed by atoms with van der Waals surface area (Å²) in [6.07, 6.45) is 1.52. The molecule has 1 aromatic heterocycles. The Hall–Kier alpha value is -2.57. The van der Waals surface area contributed by atoms with Gasteiger partial charge in [-0.25, -0.2) is 0 Å². The molecule has 3 rings (SSSR count). The largest absolute Gasteiger partial charge is 0.495 e. The molecule has 0 atom stereocenters. The average Bonchev–Trinajstić information content (AvgIpc) is 2.60. The molecular formula is C17H15Cl2N5O. The first kappa shape index (κ1) is 17.3. The lowest BCUT2D eigenvalue weighted by atomic mass is 10.2. The summed E-state index contributed by atoms with van der Waals surface area (Å²) in [5.74, 6) is 1.49. The molecule has 0 radical (unpaired) electrons. The van der Waals surface area contributed by atoms with Crippen LogP contribution in [0.4, 0.5) is 23.1 Å². The van der Waals surface area contributed by atoms with E-state index in [-0.39, 0.29) is 0 Å². The fourth-order valence-corrected chi connectivity index (χ4v) is 2.43. The van der Waals surface area contributed by atoms with E-state index in [4.69, 9.17) is 27.9 Å². The molecule has 0 unspecified atom stereocenters. The Morgan fingerprint density at radius 2 is 1.80 bits per heavy atom. The molecule has 2 aromatic carbocycles. The maximum Gasteiger partial charge on any atom is 0.249 e. The first-order chi connectivity index (χ1) is 12.0. The smallest absolute Gasteiger partial charge is 0.249 e. The second-order valence-corrected chi connectivity index (χ2v) is 6.07. The van der Waals surface area contributed by atoms with Crippen molar-refractivity contribution in [3.05, 3.63) is 58.2 Å². The van der Waals surface area contributed by atoms with Gasteiger partial charge in [-0.3, -0.25) is 0 Å². The van der Waals surface area contributed by atoms with E-state index >= 15 is 0 Å². The molecular weight excluding hydrogens is 361 g/mol. The number of anilines is 4. The maximum atomic E-state index is 6.13. The van der Waals surface area contributed by atoms with Crippen molar-refractivity contribution in [3.8, 4) is 5.75 Å². The van der Waals surface area contributed by atoms with Gasteiger partial charge in [-0.1, -0.05) is 23.2 Å². The molecule has 3 aromatic rings. The third kappa shape index (κ3) is 4.29. The summed E-state index contributed by atoms with van der Waals surface area (Å²) in [5.41, 5.74) is 2.47. The highest BCUT2D eigenvalue weighted by Crippen LogP contribution is 2.32. The van der Waals surface area contributed by atoms with Crippen LogP contribution in [0.5, 0.6) is 5.75 Å². The topological polar surface area (TPSA) is 72.0 Å². The SMILES string of the molecule is COc1cc(Cl)c(C)cc1Nc1cnnc(Nc2ccc(Cl)cc2)n1. The Bertz CT molecular complexity index is 887. The van der Waals surface area contributed by atoms with E-state index in [1.165, 1.54) is 6.20 Å². The van der Waals surface area contributed by atoms with E-state index in [2.05, 4.69) is 25.8 Å². The minimum absolute atomic E-state index is 0.358. The number of rotatable bonds is 5. The summed E-state index contributed by atoms with van der Waals surface area (Å²) in [5, 5.41) is 15.5. The van der Waals surface area contributed by atoms with Gasteiger partial charge in [-0.2, -0.15) is 10.1 Å². The number of nitrogens with zero attached hydrogens (tertiary/aromatic N) is 3. The van der Waals surface area contributed by atoms with Gasteiger partial charge >= 0.3 is 0 Å². The van der Waals surface area contributed by atoms with Crippen LogP contribution in [0.2, 0.25) is 10.0 Å². The first-order valence-electron chi connectivity index (χ1n) is 7.38. The fraction of sp³-hybridized carbons (Fsp3) is 0.118. The van der Waals surface area contributed by atoms with Gasteiger partial charge in [0, 0.05) is 21.8 Å². The highest BCUT2D eigenvalue weighted by molar-refractivity contribution is 6.31. The summed E-state index contributed by atoms with van der Waals surface area (Å²) >= 11 is 12.0. The molecule has 0 fully saturated rings. The van der Waals surface area contributed by atoms with Crippen molar-refractivity contribution < 1.29 is 4.74 Å². The number of hydrogen-bond donors (Lipinski definition) is 2. The van der Waals surface area contributed by atoms with E-state index in [1.807, 2.05) is 25.1 Å². The van der Waals surface area contributed by atoms with E-state index < -0.39 is 0 Å². The first-order valence-corrected chi connectivity index (χ1v) is 8.14. The van der Waals surface area contributed by atoms with Gasteiger partial charge in [-0.05, 0) is 42.8 Å². The van der Waals surface area contributed by atoms with Gasteiger partial charge in [-0.15, -0.1) is 5.10 Å². The minimum Gasteiger partial charge on any atom is -0.495 e. The van der Waals surface area contributed by atoms with Gasteiger partial charge < -0.3 is 15.4 Å². The quantitative estimate of drug-likeness (QED) is 0.654. The van der Waals surface area contributed by atoms with Crippen LogP contribution in [0.1, 0.15) is 5.56 Å². The number of benzene rings is 2. The summed E-state index contributed by atoms with van der Waals surface area (Å²) in [6, 6.07) is 10.9. The normalized spacial score (nSPS) is 10.4. The van der Waals surface area contributed by atoms with Gasteiger partial charge in [0.05, 0.1) is 19.0 Å². The van der Waals surface area contributed by atoms with E-state index in [0.717, 1.165) is 16.9 Å². The lowest BCUT2D eigenvalue weighted by Crippen LogP contribution is -2.03. The third-order valence-electron chi connectivity index (χ3n) is 3.40. The van der Waals surface area contributed by atoms with Crippen LogP contribution in [0, 0.1) is 6.92 Å². The monoisotopic (exact) mass is 375 g/mol. The third-order valence-corrected chi connectivity index (χ3v) is 4.06. The summed E-state index contributed by atoms with van der Waals surface area (Å²) < 4.78 is 5.35. The number of nitrogens with one attached hydrogen (secondary N) is 2. The molecule has 0 amide bonds. The Morgan fingerprint density at radius 3 is 2.52 bits per heavy atom. The van der Waals surface area contributed by atoms with Crippen LogP contribution in [0.15, 0.2) is 42.6 Å². The standard InChI is InChI=1S/C17H15Cl2N5O/c1-10-7-14(15(25-2)8-13(10)19)22-16-9-20-24-17(23-16)21-12-5-3-11(18)4-6-12/h3-9H,1-2H3,(H2,21,22,23,24). The maximum absolute atomic E-state index is 6.13. The molecule has 0 saturated carbocycles. The molecule has 128 valence electrons. The van der Waals surface area contributed by atoms with Crippen molar-refractivity contribution in [2.24, 2.45) is 0 Å². The summed E-state index contributed by atoms with van der Waals surface area (Å²) in [6.45, 7) is 1.92. The predicted octanol–water partition coefficient (Wildman–Crippen LogP) is 4.98. The molecule has 0 aliphatic rings. The molecule has 0 spiro atoms. The molecule has 1 heterocycles. The second kappa shape index (κ2) is 7.55. The summed E-state index contributed by atoms with van der Waals surface area (Å²) in [7, 11) is 1.58. The molecule has 0 saturated heterocycles. The molecule has 25 heavy (non-hydrogen) atoms. The van der Waals surface area contributed by atoms with Crippen LogP contribution in [0.3, 0.4) is 0 Å². The fourth-order valence-electron chi connectivity index (χ4n) is 2.15. The summed E-state index contributed by atoms with van der Waals surface area (Å²) in [4.78, 5) is 4.40. The van der Waals surface area contributed by atoms with Crippen molar-refractivity contribution in [1.29, 1.82) is 0 Å². The molecule has 0 aliphatic carbocycles. The Kier molecular flexibility index (Phi) is 5.21. The molecule has 2 N–H and O–H groups in total. The number of aryl methyl sites for hydroxylation is 1. The van der Waals surface area contributed by atoms with Crippen LogP contribution in [-0.2, 0) is 0 Å². The Labute approximate surface area is 155 Å². The zero-order chi connectivity index (χ0) is 17.8. The number of halogens is 2. The van der Waals surface area contributed by atoms with Crippen molar-refractivity contribution >= 4 is 46.3 Å². The lowest BCUT2D eigenvalue weighted by molar-refractivity contribution is 0.416. The minimum atomic E-state index is 0.358. The molecule has 0 aliphatic heterocycles. The Balaban J connectivity index is 1.82. The van der Waals surface area contributed by atoms with E-state index in [0.29, 0.717) is 27.6 Å². The number of hydrogen-bond acceptors (Lipinski definition) is 6. The zero-order valence-electron chi connectivity index (χ0n) is 13.5. The molecule has 0 bridgehead atoms. The van der Waals surface area contributed by atoms with Gasteiger partial charge in [0.2, 0.25) is 5.95 Å².